The lowest BCUT2D eigenvalue weighted by atomic mass is 9.96. The molecule has 1 saturated heterocycles. The number of nitrogens with one attached hydrogen (secondary N) is 2. The van der Waals surface area contributed by atoms with Crippen molar-refractivity contribution >= 4 is 5.96 Å². The molecule has 0 amide bonds. The van der Waals surface area contributed by atoms with Crippen molar-refractivity contribution in [3.05, 3.63) is 35.4 Å². The first-order valence-electron chi connectivity index (χ1n) is 10.8. The number of aliphatic hydroxyl groups is 1. The monoisotopic (exact) mass is 372 g/mol. The predicted octanol–water partition coefficient (Wildman–Crippen LogP) is 3.03. The minimum atomic E-state index is -0.102. The van der Waals surface area contributed by atoms with E-state index in [0.29, 0.717) is 12.6 Å². The second-order valence-electron chi connectivity index (χ2n) is 8.00. The van der Waals surface area contributed by atoms with E-state index in [-0.39, 0.29) is 6.10 Å². The standard InChI is InChI=1S/C22H36N4O/c1-2-23-22(25-20-6-4-3-5-7-20)24-16-18-8-10-19(11-9-18)17-26-14-12-21(27)13-15-26/h8-11,20-21,27H,2-7,12-17H2,1H3,(H2,23,24,25). The van der Waals surface area contributed by atoms with Gasteiger partial charge in [0.25, 0.3) is 0 Å². The minimum absolute atomic E-state index is 0.102. The van der Waals surface area contributed by atoms with Gasteiger partial charge >= 0.3 is 0 Å². The Morgan fingerprint density at radius 3 is 2.37 bits per heavy atom. The van der Waals surface area contributed by atoms with E-state index in [4.69, 9.17) is 4.99 Å². The molecule has 0 aromatic heterocycles. The van der Waals surface area contributed by atoms with Crippen LogP contribution in [0.3, 0.4) is 0 Å². The molecule has 0 bridgehead atoms. The van der Waals surface area contributed by atoms with E-state index in [0.717, 1.165) is 45.0 Å². The fourth-order valence-corrected chi connectivity index (χ4v) is 4.02. The highest BCUT2D eigenvalue weighted by atomic mass is 16.3. The van der Waals surface area contributed by atoms with Gasteiger partial charge < -0.3 is 15.7 Å². The normalized spacial score (nSPS) is 20.6. The summed E-state index contributed by atoms with van der Waals surface area (Å²) >= 11 is 0. The van der Waals surface area contributed by atoms with Gasteiger partial charge in [0.1, 0.15) is 0 Å². The van der Waals surface area contributed by atoms with Crippen LogP contribution >= 0.6 is 0 Å². The lowest BCUT2D eigenvalue weighted by Crippen LogP contribution is -2.44. The zero-order chi connectivity index (χ0) is 18.9. The third-order valence-electron chi connectivity index (χ3n) is 5.70. The average molecular weight is 373 g/mol. The summed E-state index contributed by atoms with van der Waals surface area (Å²) in [5, 5.41) is 16.6. The first kappa shape index (κ1) is 20.2. The van der Waals surface area contributed by atoms with Crippen molar-refractivity contribution < 1.29 is 5.11 Å². The molecule has 3 N–H and O–H groups in total. The van der Waals surface area contributed by atoms with Crippen LogP contribution in [0.4, 0.5) is 0 Å². The van der Waals surface area contributed by atoms with Gasteiger partial charge in [0.05, 0.1) is 12.6 Å². The van der Waals surface area contributed by atoms with Crippen molar-refractivity contribution in [2.24, 2.45) is 4.99 Å². The lowest BCUT2D eigenvalue weighted by molar-refractivity contribution is 0.0792. The van der Waals surface area contributed by atoms with Gasteiger partial charge in [-0.05, 0) is 43.7 Å². The van der Waals surface area contributed by atoms with Crippen LogP contribution in [0.1, 0.15) is 63.0 Å². The smallest absolute Gasteiger partial charge is 0.191 e. The molecular weight excluding hydrogens is 336 g/mol. The second kappa shape index (κ2) is 10.7. The summed E-state index contributed by atoms with van der Waals surface area (Å²) in [6.07, 6.45) is 8.23. The highest BCUT2D eigenvalue weighted by molar-refractivity contribution is 5.80. The Kier molecular flexibility index (Phi) is 7.96. The van der Waals surface area contributed by atoms with E-state index in [1.165, 1.54) is 43.2 Å². The Labute approximate surface area is 164 Å². The number of aliphatic hydroxyl groups excluding tert-OH is 1. The maximum Gasteiger partial charge on any atom is 0.191 e. The molecule has 0 radical (unpaired) electrons. The zero-order valence-corrected chi connectivity index (χ0v) is 16.8. The first-order chi connectivity index (χ1) is 13.2. The van der Waals surface area contributed by atoms with E-state index in [2.05, 4.69) is 46.7 Å². The zero-order valence-electron chi connectivity index (χ0n) is 16.8. The Morgan fingerprint density at radius 1 is 1.04 bits per heavy atom. The summed E-state index contributed by atoms with van der Waals surface area (Å²) in [5.41, 5.74) is 2.58. The number of hydrogen-bond donors (Lipinski definition) is 3. The number of hydrogen-bond acceptors (Lipinski definition) is 3. The topological polar surface area (TPSA) is 59.9 Å². The number of benzene rings is 1. The molecule has 5 heteroatoms. The molecule has 1 heterocycles. The van der Waals surface area contributed by atoms with Gasteiger partial charge in [-0.3, -0.25) is 4.90 Å². The molecule has 5 nitrogen and oxygen atoms in total. The van der Waals surface area contributed by atoms with Crippen LogP contribution in [0.25, 0.3) is 0 Å². The summed E-state index contributed by atoms with van der Waals surface area (Å²) in [6, 6.07) is 9.40. The quantitative estimate of drug-likeness (QED) is 0.531. The van der Waals surface area contributed by atoms with Crippen molar-refractivity contribution in [2.45, 2.75) is 77.1 Å². The number of aliphatic imine (C=N–C) groups is 1. The fourth-order valence-electron chi connectivity index (χ4n) is 4.02. The van der Waals surface area contributed by atoms with Gasteiger partial charge in [-0.25, -0.2) is 4.99 Å². The van der Waals surface area contributed by atoms with Gasteiger partial charge in [-0.2, -0.15) is 0 Å². The van der Waals surface area contributed by atoms with Gasteiger partial charge in [0.15, 0.2) is 5.96 Å². The van der Waals surface area contributed by atoms with Crippen LogP contribution in [-0.4, -0.2) is 47.7 Å². The summed E-state index contributed by atoms with van der Waals surface area (Å²) in [7, 11) is 0. The average Bonchev–Trinajstić information content (AvgIpc) is 2.70. The van der Waals surface area contributed by atoms with Crippen molar-refractivity contribution in [2.75, 3.05) is 19.6 Å². The molecule has 1 aromatic rings. The second-order valence-corrected chi connectivity index (χ2v) is 8.00. The Bertz CT molecular complexity index is 572. The van der Waals surface area contributed by atoms with Gasteiger partial charge in [0.2, 0.25) is 0 Å². The van der Waals surface area contributed by atoms with Crippen LogP contribution in [0.15, 0.2) is 29.3 Å². The highest BCUT2D eigenvalue weighted by Crippen LogP contribution is 2.17. The third-order valence-corrected chi connectivity index (χ3v) is 5.70. The summed E-state index contributed by atoms with van der Waals surface area (Å²) in [6.45, 7) is 6.67. The number of rotatable bonds is 6. The summed E-state index contributed by atoms with van der Waals surface area (Å²) in [5.74, 6) is 0.945. The minimum Gasteiger partial charge on any atom is -0.393 e. The van der Waals surface area contributed by atoms with Gasteiger partial charge in [-0.15, -0.1) is 0 Å². The Morgan fingerprint density at radius 2 is 1.70 bits per heavy atom. The SMILES string of the molecule is CCNC(=NCc1ccc(CN2CCC(O)CC2)cc1)NC1CCCCC1. The van der Waals surface area contributed by atoms with Crippen molar-refractivity contribution in [1.29, 1.82) is 0 Å². The predicted molar refractivity (Wildman–Crippen MR) is 112 cm³/mol. The molecule has 2 fully saturated rings. The molecule has 1 aliphatic carbocycles. The molecule has 3 rings (SSSR count). The fraction of sp³-hybridized carbons (Fsp3) is 0.682. The molecule has 0 atom stereocenters. The van der Waals surface area contributed by atoms with Crippen LogP contribution in [0, 0.1) is 0 Å². The van der Waals surface area contributed by atoms with Crippen LogP contribution in [0.2, 0.25) is 0 Å². The molecule has 0 spiro atoms. The molecule has 1 saturated carbocycles. The van der Waals surface area contributed by atoms with E-state index < -0.39 is 0 Å². The van der Waals surface area contributed by atoms with Crippen LogP contribution < -0.4 is 10.6 Å². The van der Waals surface area contributed by atoms with Crippen molar-refractivity contribution in [3.8, 4) is 0 Å². The largest absolute Gasteiger partial charge is 0.393 e. The number of guanidine groups is 1. The molecule has 150 valence electrons. The maximum atomic E-state index is 9.63. The molecule has 0 unspecified atom stereocenters. The molecule has 27 heavy (non-hydrogen) atoms. The van der Waals surface area contributed by atoms with E-state index in [1.54, 1.807) is 0 Å². The molecule has 2 aliphatic rings. The van der Waals surface area contributed by atoms with Crippen LogP contribution in [0.5, 0.6) is 0 Å². The molecular formula is C22H36N4O. The van der Waals surface area contributed by atoms with E-state index in [1.807, 2.05) is 0 Å². The summed E-state index contributed by atoms with van der Waals surface area (Å²) in [4.78, 5) is 7.22. The number of piperidine rings is 1. The van der Waals surface area contributed by atoms with Crippen molar-refractivity contribution in [1.82, 2.24) is 15.5 Å². The van der Waals surface area contributed by atoms with Gasteiger partial charge in [-0.1, -0.05) is 43.5 Å². The number of nitrogens with zero attached hydrogens (tertiary/aromatic N) is 2. The van der Waals surface area contributed by atoms with Gasteiger partial charge in [0, 0.05) is 32.2 Å². The van der Waals surface area contributed by atoms with E-state index >= 15 is 0 Å². The molecule has 1 aromatic carbocycles. The van der Waals surface area contributed by atoms with Crippen LogP contribution in [-0.2, 0) is 13.1 Å². The number of likely N-dealkylation sites (tertiary alicyclic amines) is 1. The van der Waals surface area contributed by atoms with E-state index in [9.17, 15) is 5.11 Å². The third kappa shape index (κ3) is 6.82. The Hall–Kier alpha value is -1.59. The summed E-state index contributed by atoms with van der Waals surface area (Å²) < 4.78 is 0. The lowest BCUT2D eigenvalue weighted by Gasteiger charge is -2.29. The Balaban J connectivity index is 1.50. The maximum absolute atomic E-state index is 9.63. The first-order valence-corrected chi connectivity index (χ1v) is 10.8. The van der Waals surface area contributed by atoms with Crippen molar-refractivity contribution in [3.63, 3.8) is 0 Å². The highest BCUT2D eigenvalue weighted by Gasteiger charge is 2.17. The molecule has 1 aliphatic heterocycles.